The summed E-state index contributed by atoms with van der Waals surface area (Å²) in [6.45, 7) is 4.59. The van der Waals surface area contributed by atoms with Gasteiger partial charge in [0.05, 0.1) is 12.7 Å². The molecule has 64 valence electrons. The lowest BCUT2D eigenvalue weighted by Gasteiger charge is -2.17. The van der Waals surface area contributed by atoms with Gasteiger partial charge in [-0.3, -0.25) is 0 Å². The van der Waals surface area contributed by atoms with E-state index in [2.05, 4.69) is 0 Å². The number of ether oxygens (including phenoxy) is 1. The zero-order valence-electron chi connectivity index (χ0n) is 6.87. The van der Waals surface area contributed by atoms with Crippen LogP contribution in [-0.4, -0.2) is 18.7 Å². The largest absolute Gasteiger partial charge is 0.550 e. The standard InChI is InChI=1S/C8H14O3/c1-5(2)3-6(8(9)10)7-4-11-7/h5-7H,3-4H2,1-2H3,(H,9,10)/p-1. The first-order valence-corrected chi connectivity index (χ1v) is 3.93. The lowest BCUT2D eigenvalue weighted by Crippen LogP contribution is -2.35. The number of carboxylic acids is 1. The maximum absolute atomic E-state index is 10.5. The van der Waals surface area contributed by atoms with E-state index in [4.69, 9.17) is 4.74 Å². The highest BCUT2D eigenvalue weighted by Gasteiger charge is 2.33. The fourth-order valence-corrected chi connectivity index (χ4v) is 1.20. The topological polar surface area (TPSA) is 52.7 Å². The Bertz CT molecular complexity index is 149. The zero-order valence-corrected chi connectivity index (χ0v) is 6.87. The van der Waals surface area contributed by atoms with E-state index >= 15 is 0 Å². The molecule has 11 heavy (non-hydrogen) atoms. The summed E-state index contributed by atoms with van der Waals surface area (Å²) >= 11 is 0. The van der Waals surface area contributed by atoms with Crippen molar-refractivity contribution in [3.05, 3.63) is 0 Å². The summed E-state index contributed by atoms with van der Waals surface area (Å²) in [4.78, 5) is 10.5. The first-order valence-electron chi connectivity index (χ1n) is 3.93. The molecule has 0 spiro atoms. The Labute approximate surface area is 66.4 Å². The van der Waals surface area contributed by atoms with Crippen LogP contribution in [0, 0.1) is 11.8 Å². The van der Waals surface area contributed by atoms with Crippen molar-refractivity contribution in [3.63, 3.8) is 0 Å². The van der Waals surface area contributed by atoms with Crippen molar-refractivity contribution in [3.8, 4) is 0 Å². The van der Waals surface area contributed by atoms with Gasteiger partial charge in [-0.2, -0.15) is 0 Å². The van der Waals surface area contributed by atoms with E-state index in [0.29, 0.717) is 18.9 Å². The van der Waals surface area contributed by atoms with E-state index in [1.54, 1.807) is 0 Å². The van der Waals surface area contributed by atoms with Crippen LogP contribution in [0.4, 0.5) is 0 Å². The summed E-state index contributed by atoms with van der Waals surface area (Å²) < 4.78 is 4.91. The minimum absolute atomic E-state index is 0.0672. The lowest BCUT2D eigenvalue weighted by atomic mass is 9.95. The Morgan fingerprint density at radius 2 is 2.27 bits per heavy atom. The molecule has 0 aromatic rings. The normalized spacial score (nSPS) is 25.2. The molecule has 0 aromatic carbocycles. The van der Waals surface area contributed by atoms with Crippen LogP contribution >= 0.6 is 0 Å². The summed E-state index contributed by atoms with van der Waals surface area (Å²) in [7, 11) is 0. The first kappa shape index (κ1) is 8.53. The number of carboxylic acid groups (broad SMARTS) is 1. The molecule has 0 bridgehead atoms. The smallest absolute Gasteiger partial charge is 0.0890 e. The van der Waals surface area contributed by atoms with Gasteiger partial charge in [0.25, 0.3) is 0 Å². The van der Waals surface area contributed by atoms with E-state index in [1.807, 2.05) is 13.8 Å². The van der Waals surface area contributed by atoms with Crippen LogP contribution in [0.3, 0.4) is 0 Å². The molecule has 2 unspecified atom stereocenters. The van der Waals surface area contributed by atoms with E-state index in [9.17, 15) is 9.90 Å². The number of hydrogen-bond donors (Lipinski definition) is 0. The van der Waals surface area contributed by atoms with Crippen molar-refractivity contribution in [1.82, 2.24) is 0 Å². The van der Waals surface area contributed by atoms with Crippen LogP contribution in [0.1, 0.15) is 20.3 Å². The third-order valence-electron chi connectivity index (χ3n) is 1.84. The van der Waals surface area contributed by atoms with Gasteiger partial charge in [-0.05, 0) is 12.3 Å². The number of aliphatic carboxylic acids is 1. The van der Waals surface area contributed by atoms with Crippen molar-refractivity contribution >= 4 is 5.97 Å². The predicted molar refractivity (Wildman–Crippen MR) is 37.7 cm³/mol. The van der Waals surface area contributed by atoms with E-state index < -0.39 is 11.9 Å². The Morgan fingerprint density at radius 3 is 2.55 bits per heavy atom. The van der Waals surface area contributed by atoms with Crippen LogP contribution in [-0.2, 0) is 9.53 Å². The van der Waals surface area contributed by atoms with E-state index in [-0.39, 0.29) is 6.10 Å². The third kappa shape index (κ3) is 2.50. The number of carbonyl (C=O) groups excluding carboxylic acids is 1. The minimum atomic E-state index is -0.971. The molecule has 2 atom stereocenters. The van der Waals surface area contributed by atoms with Gasteiger partial charge in [0.2, 0.25) is 0 Å². The fraction of sp³-hybridized carbons (Fsp3) is 0.875. The Morgan fingerprint density at radius 1 is 1.73 bits per heavy atom. The highest BCUT2D eigenvalue weighted by molar-refractivity contribution is 5.68. The third-order valence-corrected chi connectivity index (χ3v) is 1.84. The maximum atomic E-state index is 10.5. The lowest BCUT2D eigenvalue weighted by molar-refractivity contribution is -0.312. The Kier molecular flexibility index (Phi) is 2.49. The molecule has 0 aromatic heterocycles. The second kappa shape index (κ2) is 3.22. The molecule has 1 aliphatic heterocycles. The predicted octanol–water partition coefficient (Wildman–Crippen LogP) is -0.203. The molecular formula is C8H13O3-. The molecule has 0 amide bonds. The average Bonchev–Trinajstić information content (AvgIpc) is 2.63. The maximum Gasteiger partial charge on any atom is 0.0890 e. The van der Waals surface area contributed by atoms with Crippen molar-refractivity contribution < 1.29 is 14.6 Å². The van der Waals surface area contributed by atoms with Crippen LogP contribution in [0.15, 0.2) is 0 Å². The average molecular weight is 157 g/mol. The molecule has 0 saturated carbocycles. The van der Waals surface area contributed by atoms with Gasteiger partial charge >= 0.3 is 0 Å². The molecule has 1 rings (SSSR count). The van der Waals surface area contributed by atoms with Crippen LogP contribution in [0.25, 0.3) is 0 Å². The van der Waals surface area contributed by atoms with Gasteiger partial charge < -0.3 is 14.6 Å². The molecule has 1 heterocycles. The number of carbonyl (C=O) groups is 1. The summed E-state index contributed by atoms with van der Waals surface area (Å²) in [5.74, 6) is -0.974. The molecule has 1 saturated heterocycles. The van der Waals surface area contributed by atoms with Crippen LogP contribution in [0.2, 0.25) is 0 Å². The zero-order chi connectivity index (χ0) is 8.43. The molecule has 3 nitrogen and oxygen atoms in total. The van der Waals surface area contributed by atoms with E-state index in [0.717, 1.165) is 0 Å². The second-order valence-electron chi connectivity index (χ2n) is 3.43. The molecule has 0 N–H and O–H groups in total. The fourth-order valence-electron chi connectivity index (χ4n) is 1.20. The van der Waals surface area contributed by atoms with Gasteiger partial charge in [-0.15, -0.1) is 0 Å². The minimum Gasteiger partial charge on any atom is -0.550 e. The number of hydrogen-bond acceptors (Lipinski definition) is 3. The highest BCUT2D eigenvalue weighted by atomic mass is 16.6. The van der Waals surface area contributed by atoms with Gasteiger partial charge in [0.1, 0.15) is 0 Å². The van der Waals surface area contributed by atoms with Crippen molar-refractivity contribution in [2.24, 2.45) is 11.8 Å². The molecule has 1 fully saturated rings. The Hall–Kier alpha value is -0.570. The summed E-state index contributed by atoms with van der Waals surface area (Å²) in [6.07, 6.45) is 0.592. The van der Waals surface area contributed by atoms with Crippen molar-refractivity contribution in [1.29, 1.82) is 0 Å². The van der Waals surface area contributed by atoms with Gasteiger partial charge in [0, 0.05) is 11.9 Å². The van der Waals surface area contributed by atoms with Gasteiger partial charge in [-0.25, -0.2) is 0 Å². The summed E-state index contributed by atoms with van der Waals surface area (Å²) in [6, 6.07) is 0. The van der Waals surface area contributed by atoms with Crippen LogP contribution < -0.4 is 5.11 Å². The Balaban J connectivity index is 2.38. The van der Waals surface area contributed by atoms with Gasteiger partial charge in [-0.1, -0.05) is 13.8 Å². The molecule has 0 aliphatic carbocycles. The number of rotatable bonds is 4. The summed E-state index contributed by atoms with van der Waals surface area (Å²) in [5.41, 5.74) is 0. The second-order valence-corrected chi connectivity index (χ2v) is 3.43. The van der Waals surface area contributed by atoms with Gasteiger partial charge in [0.15, 0.2) is 0 Å². The monoisotopic (exact) mass is 157 g/mol. The SMILES string of the molecule is CC(C)CC(C(=O)[O-])C1CO1. The quantitative estimate of drug-likeness (QED) is 0.531. The highest BCUT2D eigenvalue weighted by Crippen LogP contribution is 2.25. The number of epoxide rings is 1. The van der Waals surface area contributed by atoms with E-state index in [1.165, 1.54) is 0 Å². The summed E-state index contributed by atoms with van der Waals surface area (Å²) in [5, 5.41) is 10.5. The molecular weight excluding hydrogens is 144 g/mol. The molecule has 3 heteroatoms. The van der Waals surface area contributed by atoms with Crippen molar-refractivity contribution in [2.45, 2.75) is 26.4 Å². The van der Waals surface area contributed by atoms with Crippen LogP contribution in [0.5, 0.6) is 0 Å². The van der Waals surface area contributed by atoms with Crippen molar-refractivity contribution in [2.75, 3.05) is 6.61 Å². The molecule has 1 aliphatic rings. The first-order chi connectivity index (χ1) is 5.11. The molecule has 0 radical (unpaired) electrons.